The number of hydrogen-bond acceptors (Lipinski definition) is 6. The molecule has 1 aromatic heterocycles. The van der Waals surface area contributed by atoms with Crippen LogP contribution in [-0.4, -0.2) is 15.0 Å². The predicted octanol–water partition coefficient (Wildman–Crippen LogP) is 12.0. The van der Waals surface area contributed by atoms with E-state index in [4.69, 9.17) is 15.0 Å². The second kappa shape index (κ2) is 14.9. The largest absolute Gasteiger partial charge is 0.279 e. The van der Waals surface area contributed by atoms with Crippen molar-refractivity contribution in [3.05, 3.63) is 244 Å². The molecular weight excluding hydrogens is 769 g/mol. The standard InChI is InChI=1S/C57H44N6/c1-35-23-27-43-45-29-25-41(55-60-51(37-15-7-3-8-16-37)58-52(61-55)38-17-9-4-10-18-38)33-49(45)57(47(43)31-35)48-32-36(2)24-28-44(48)46-30-26-42(34-50(46)57)56-62-53(39-19-11-5-12-20-39)59-54(63-56)40-21-13-6-14-22-40/h3-34,51-52,55,58,60-61H,1-2H3. The van der Waals surface area contributed by atoms with Gasteiger partial charge in [-0.05, 0) is 81.1 Å². The van der Waals surface area contributed by atoms with Gasteiger partial charge in [-0.3, -0.25) is 16.0 Å². The Morgan fingerprint density at radius 3 is 1.17 bits per heavy atom. The smallest absolute Gasteiger partial charge is 0.164 e. The highest BCUT2D eigenvalue weighted by atomic mass is 15.4. The number of rotatable bonds is 6. The molecule has 1 aliphatic heterocycles. The summed E-state index contributed by atoms with van der Waals surface area (Å²) in [6.07, 6.45) is -0.314. The van der Waals surface area contributed by atoms with Crippen LogP contribution in [-0.2, 0) is 5.41 Å². The lowest BCUT2D eigenvalue weighted by Crippen LogP contribution is -2.54. The highest BCUT2D eigenvalue weighted by Crippen LogP contribution is 2.63. The second-order valence-electron chi connectivity index (χ2n) is 17.1. The summed E-state index contributed by atoms with van der Waals surface area (Å²) in [5, 5.41) is 11.8. The normalized spacial score (nSPS) is 19.3. The molecular formula is C57H44N6. The molecule has 0 saturated carbocycles. The van der Waals surface area contributed by atoms with Gasteiger partial charge in [-0.1, -0.05) is 199 Å². The maximum absolute atomic E-state index is 5.20. The molecule has 0 radical (unpaired) electrons. The van der Waals surface area contributed by atoms with Gasteiger partial charge in [0, 0.05) is 16.7 Å². The Morgan fingerprint density at radius 1 is 0.333 bits per heavy atom. The van der Waals surface area contributed by atoms with Crippen LogP contribution in [0.25, 0.3) is 56.4 Å². The topological polar surface area (TPSA) is 74.8 Å². The molecule has 1 fully saturated rings. The molecule has 2 heterocycles. The van der Waals surface area contributed by atoms with Gasteiger partial charge < -0.3 is 0 Å². The van der Waals surface area contributed by atoms with E-state index in [1.807, 2.05) is 36.4 Å². The first-order chi connectivity index (χ1) is 31.0. The third-order valence-electron chi connectivity index (χ3n) is 13.2. The maximum Gasteiger partial charge on any atom is 0.164 e. The van der Waals surface area contributed by atoms with E-state index in [1.165, 1.54) is 72.3 Å². The Hall–Kier alpha value is -7.35. The van der Waals surface area contributed by atoms with Crippen LogP contribution in [0.5, 0.6) is 0 Å². The van der Waals surface area contributed by atoms with E-state index < -0.39 is 5.41 Å². The van der Waals surface area contributed by atoms with Crippen LogP contribution in [0.2, 0.25) is 0 Å². The zero-order chi connectivity index (χ0) is 42.1. The third-order valence-corrected chi connectivity index (χ3v) is 13.2. The van der Waals surface area contributed by atoms with E-state index >= 15 is 0 Å². The molecule has 9 aromatic rings. The van der Waals surface area contributed by atoms with Crippen LogP contribution in [0.3, 0.4) is 0 Å². The number of nitrogens with zero attached hydrogens (tertiary/aromatic N) is 3. The summed E-state index contributed by atoms with van der Waals surface area (Å²) in [6, 6.07) is 69.8. The van der Waals surface area contributed by atoms with Crippen LogP contribution >= 0.6 is 0 Å². The SMILES string of the molecule is Cc1ccc2c(c1)C1(c3cc(C)ccc3-c3ccc(C4NC(c5ccccc5)NC(c5ccccc5)N4)cc31)c1cc(-c3nc(-c4ccccc4)nc(-c4ccccc4)n3)ccc1-2. The van der Waals surface area contributed by atoms with Crippen molar-refractivity contribution in [3.63, 3.8) is 0 Å². The van der Waals surface area contributed by atoms with Crippen molar-refractivity contribution in [2.45, 2.75) is 37.8 Å². The lowest BCUT2D eigenvalue weighted by molar-refractivity contribution is 0.203. The van der Waals surface area contributed by atoms with Gasteiger partial charge in [0.1, 0.15) is 0 Å². The first-order valence-corrected chi connectivity index (χ1v) is 21.8. The molecule has 63 heavy (non-hydrogen) atoms. The Kier molecular flexibility index (Phi) is 8.87. The molecule has 1 spiro atoms. The van der Waals surface area contributed by atoms with Crippen molar-refractivity contribution in [2.24, 2.45) is 0 Å². The van der Waals surface area contributed by atoms with Gasteiger partial charge >= 0.3 is 0 Å². The minimum Gasteiger partial charge on any atom is -0.279 e. The monoisotopic (exact) mass is 812 g/mol. The van der Waals surface area contributed by atoms with E-state index in [2.05, 4.69) is 188 Å². The van der Waals surface area contributed by atoms with Gasteiger partial charge in [-0.25, -0.2) is 15.0 Å². The molecule has 12 rings (SSSR count). The highest BCUT2D eigenvalue weighted by Gasteiger charge is 2.52. The van der Waals surface area contributed by atoms with Gasteiger partial charge in [-0.2, -0.15) is 0 Å². The number of nitrogens with one attached hydrogen (secondary N) is 3. The molecule has 8 aromatic carbocycles. The van der Waals surface area contributed by atoms with Crippen LogP contribution in [0, 0.1) is 13.8 Å². The fourth-order valence-electron chi connectivity index (χ4n) is 10.2. The molecule has 302 valence electrons. The summed E-state index contributed by atoms with van der Waals surface area (Å²) in [5.74, 6) is 1.94. The van der Waals surface area contributed by atoms with E-state index in [0.29, 0.717) is 17.5 Å². The van der Waals surface area contributed by atoms with Gasteiger partial charge in [0.15, 0.2) is 17.5 Å². The quantitative estimate of drug-likeness (QED) is 0.155. The average Bonchev–Trinajstić information content (AvgIpc) is 3.80. The van der Waals surface area contributed by atoms with Gasteiger partial charge in [-0.15, -0.1) is 0 Å². The van der Waals surface area contributed by atoms with E-state index in [1.54, 1.807) is 0 Å². The highest BCUT2D eigenvalue weighted by molar-refractivity contribution is 5.96. The molecule has 6 heteroatoms. The van der Waals surface area contributed by atoms with Crippen LogP contribution < -0.4 is 16.0 Å². The van der Waals surface area contributed by atoms with Crippen LogP contribution in [0.4, 0.5) is 0 Å². The van der Waals surface area contributed by atoms with Crippen molar-refractivity contribution < 1.29 is 0 Å². The Morgan fingerprint density at radius 2 is 0.698 bits per heavy atom. The van der Waals surface area contributed by atoms with Gasteiger partial charge in [0.2, 0.25) is 0 Å². The lowest BCUT2D eigenvalue weighted by atomic mass is 9.69. The summed E-state index contributed by atoms with van der Waals surface area (Å²) in [6.45, 7) is 4.42. The van der Waals surface area contributed by atoms with Gasteiger partial charge in [0.05, 0.1) is 23.9 Å². The number of aryl methyl sites for hydroxylation is 2. The molecule has 0 amide bonds. The second-order valence-corrected chi connectivity index (χ2v) is 17.1. The van der Waals surface area contributed by atoms with Crippen molar-refractivity contribution in [1.82, 2.24) is 30.9 Å². The summed E-state index contributed by atoms with van der Waals surface area (Å²) in [4.78, 5) is 15.4. The number of fused-ring (bicyclic) bond motifs is 10. The van der Waals surface area contributed by atoms with E-state index in [0.717, 1.165) is 16.7 Å². The summed E-state index contributed by atoms with van der Waals surface area (Å²) in [5.41, 5.74) is 18.4. The molecule has 0 bridgehead atoms. The zero-order valence-electron chi connectivity index (χ0n) is 35.0. The Labute approximate surface area is 367 Å². The average molecular weight is 813 g/mol. The minimum absolute atomic E-state index is 0.0789. The Bertz CT molecular complexity index is 3070. The third kappa shape index (κ3) is 6.17. The summed E-state index contributed by atoms with van der Waals surface area (Å²) >= 11 is 0. The summed E-state index contributed by atoms with van der Waals surface area (Å²) in [7, 11) is 0. The van der Waals surface area contributed by atoms with Crippen molar-refractivity contribution in [2.75, 3.05) is 0 Å². The number of hydrogen-bond donors (Lipinski definition) is 3. The van der Waals surface area contributed by atoms with E-state index in [9.17, 15) is 0 Å². The fourth-order valence-corrected chi connectivity index (χ4v) is 10.2. The zero-order valence-corrected chi connectivity index (χ0v) is 35.0. The first kappa shape index (κ1) is 37.4. The molecule has 3 N–H and O–H groups in total. The van der Waals surface area contributed by atoms with Crippen LogP contribution in [0.1, 0.15) is 68.6 Å². The van der Waals surface area contributed by atoms with Crippen molar-refractivity contribution in [3.8, 4) is 56.4 Å². The Balaban J connectivity index is 1.07. The van der Waals surface area contributed by atoms with Crippen molar-refractivity contribution >= 4 is 0 Å². The molecule has 3 aliphatic rings. The van der Waals surface area contributed by atoms with Crippen LogP contribution in [0.15, 0.2) is 194 Å². The lowest BCUT2D eigenvalue weighted by Gasteiger charge is -2.40. The molecule has 1 saturated heterocycles. The maximum atomic E-state index is 5.20. The van der Waals surface area contributed by atoms with Gasteiger partial charge in [0.25, 0.3) is 0 Å². The molecule has 2 aliphatic carbocycles. The molecule has 6 nitrogen and oxygen atoms in total. The number of benzene rings is 8. The summed E-state index contributed by atoms with van der Waals surface area (Å²) < 4.78 is 0. The minimum atomic E-state index is -0.596. The molecule has 3 atom stereocenters. The molecule has 3 unspecified atom stereocenters. The fraction of sp³-hybridized carbons (Fsp3) is 0.105. The number of aromatic nitrogens is 3. The predicted molar refractivity (Wildman–Crippen MR) is 252 cm³/mol. The van der Waals surface area contributed by atoms with Crippen molar-refractivity contribution in [1.29, 1.82) is 0 Å². The first-order valence-electron chi connectivity index (χ1n) is 21.8. The van der Waals surface area contributed by atoms with E-state index in [-0.39, 0.29) is 18.5 Å².